The number of carbonyl (C=O) groups excluding carboxylic acids is 2. The van der Waals surface area contributed by atoms with Gasteiger partial charge in [0.1, 0.15) is 5.54 Å². The van der Waals surface area contributed by atoms with Gasteiger partial charge in [0.05, 0.1) is 24.8 Å². The number of methoxy groups -OCH3 is 1. The second kappa shape index (κ2) is 9.11. The fraction of sp³-hybridized carbons (Fsp3) is 0.440. The van der Waals surface area contributed by atoms with E-state index in [9.17, 15) is 9.59 Å². The Morgan fingerprint density at radius 1 is 1.29 bits per heavy atom. The van der Waals surface area contributed by atoms with E-state index in [2.05, 4.69) is 26.2 Å². The summed E-state index contributed by atoms with van der Waals surface area (Å²) in [7, 11) is 1.65. The molecule has 2 atom stereocenters. The molecule has 2 aliphatic heterocycles. The summed E-state index contributed by atoms with van der Waals surface area (Å²) in [5.74, 6) is 0.0257. The Bertz CT molecular complexity index is 1140. The average molecular weight is 526 g/mol. The molecule has 0 spiro atoms. The van der Waals surface area contributed by atoms with Crippen LogP contribution in [0.25, 0.3) is 0 Å². The van der Waals surface area contributed by atoms with Crippen LogP contribution >= 0.6 is 15.9 Å². The fourth-order valence-electron chi connectivity index (χ4n) is 5.24. The number of ether oxygens (including phenoxy) is 1. The van der Waals surface area contributed by atoms with Gasteiger partial charge in [-0.1, -0.05) is 28.1 Å². The van der Waals surface area contributed by atoms with E-state index in [0.29, 0.717) is 24.3 Å². The fourth-order valence-corrected chi connectivity index (χ4v) is 5.64. The zero-order chi connectivity index (χ0) is 23.9. The SMILES string of the molecule is COC[C@H]1CCCN1C(=O)c1cncc(CN2C(=N)NC(c3cccc(Br)c3)(C3CC3)C2=O)c1. The number of hydrogen-bond donors (Lipinski definition) is 2. The van der Waals surface area contributed by atoms with Crippen LogP contribution in [0.5, 0.6) is 0 Å². The molecule has 3 aliphatic rings. The van der Waals surface area contributed by atoms with Crippen molar-refractivity contribution < 1.29 is 14.3 Å². The van der Waals surface area contributed by atoms with Crippen LogP contribution in [-0.4, -0.2) is 58.9 Å². The maximum atomic E-state index is 13.8. The minimum absolute atomic E-state index is 0.0723. The minimum atomic E-state index is -0.926. The van der Waals surface area contributed by atoms with E-state index in [1.807, 2.05) is 29.2 Å². The molecule has 178 valence electrons. The first-order valence-corrected chi connectivity index (χ1v) is 12.4. The van der Waals surface area contributed by atoms with Gasteiger partial charge in [0.2, 0.25) is 0 Å². The Kier molecular flexibility index (Phi) is 6.16. The van der Waals surface area contributed by atoms with Crippen LogP contribution in [0.4, 0.5) is 0 Å². The topological polar surface area (TPSA) is 98.6 Å². The van der Waals surface area contributed by atoms with Crippen molar-refractivity contribution in [2.45, 2.75) is 43.8 Å². The number of benzene rings is 1. The number of rotatable bonds is 7. The molecule has 3 fully saturated rings. The van der Waals surface area contributed by atoms with Crippen molar-refractivity contribution >= 4 is 33.7 Å². The van der Waals surface area contributed by atoms with Crippen molar-refractivity contribution in [2.24, 2.45) is 5.92 Å². The molecule has 8 nitrogen and oxygen atoms in total. The van der Waals surface area contributed by atoms with Gasteiger partial charge in [0, 0.05) is 30.5 Å². The molecule has 2 N–H and O–H groups in total. The summed E-state index contributed by atoms with van der Waals surface area (Å²) in [5, 5.41) is 11.8. The Morgan fingerprint density at radius 2 is 2.12 bits per heavy atom. The van der Waals surface area contributed by atoms with E-state index < -0.39 is 5.54 Å². The summed E-state index contributed by atoms with van der Waals surface area (Å²) < 4.78 is 6.18. The molecule has 2 amide bonds. The van der Waals surface area contributed by atoms with Crippen molar-refractivity contribution in [2.75, 3.05) is 20.3 Å². The zero-order valence-corrected chi connectivity index (χ0v) is 20.7. The van der Waals surface area contributed by atoms with Gasteiger partial charge in [0.15, 0.2) is 5.96 Å². The highest BCUT2D eigenvalue weighted by molar-refractivity contribution is 9.10. The van der Waals surface area contributed by atoms with Crippen LogP contribution in [0.3, 0.4) is 0 Å². The number of likely N-dealkylation sites (tertiary alicyclic amines) is 1. The summed E-state index contributed by atoms with van der Waals surface area (Å²) in [6.07, 6.45) is 6.99. The first kappa shape index (κ1) is 23.0. The lowest BCUT2D eigenvalue weighted by atomic mass is 9.85. The first-order valence-electron chi connectivity index (χ1n) is 11.6. The van der Waals surface area contributed by atoms with Crippen molar-refractivity contribution in [1.29, 1.82) is 5.41 Å². The highest BCUT2D eigenvalue weighted by Crippen LogP contribution is 2.49. The van der Waals surface area contributed by atoms with Gasteiger partial charge in [-0.2, -0.15) is 0 Å². The molecule has 1 saturated carbocycles. The quantitative estimate of drug-likeness (QED) is 0.577. The van der Waals surface area contributed by atoms with Gasteiger partial charge in [-0.05, 0) is 60.9 Å². The number of pyridine rings is 1. The Hall–Kier alpha value is -2.78. The van der Waals surface area contributed by atoms with Crippen LogP contribution < -0.4 is 5.32 Å². The summed E-state index contributed by atoms with van der Waals surface area (Å²) in [6, 6.07) is 9.60. The first-order chi connectivity index (χ1) is 16.4. The number of carbonyl (C=O) groups is 2. The van der Waals surface area contributed by atoms with Gasteiger partial charge in [-0.15, -0.1) is 0 Å². The van der Waals surface area contributed by atoms with Crippen molar-refractivity contribution in [3.63, 3.8) is 0 Å². The van der Waals surface area contributed by atoms with Gasteiger partial charge < -0.3 is 15.0 Å². The number of hydrogen-bond acceptors (Lipinski definition) is 5. The molecule has 0 radical (unpaired) electrons. The molecule has 1 unspecified atom stereocenters. The molecule has 0 bridgehead atoms. The van der Waals surface area contributed by atoms with Crippen molar-refractivity contribution in [3.05, 3.63) is 63.9 Å². The monoisotopic (exact) mass is 525 g/mol. The van der Waals surface area contributed by atoms with E-state index >= 15 is 0 Å². The normalized spacial score (nSPS) is 24.6. The van der Waals surface area contributed by atoms with E-state index in [4.69, 9.17) is 10.1 Å². The third-order valence-corrected chi connectivity index (χ3v) is 7.51. The molecule has 2 aromatic rings. The van der Waals surface area contributed by atoms with Gasteiger partial charge in [-0.25, -0.2) is 0 Å². The molecule has 1 aromatic carbocycles. The number of nitrogens with one attached hydrogen (secondary N) is 2. The molecular formula is C25H28BrN5O3. The smallest absolute Gasteiger partial charge is 0.260 e. The van der Waals surface area contributed by atoms with E-state index in [-0.39, 0.29) is 36.3 Å². The third-order valence-electron chi connectivity index (χ3n) is 7.02. The maximum absolute atomic E-state index is 13.8. The van der Waals surface area contributed by atoms with Gasteiger partial charge in [0.25, 0.3) is 11.8 Å². The lowest BCUT2D eigenvalue weighted by Gasteiger charge is -2.28. The highest BCUT2D eigenvalue weighted by Gasteiger charge is 2.59. The lowest BCUT2D eigenvalue weighted by molar-refractivity contribution is -0.132. The van der Waals surface area contributed by atoms with Crippen LogP contribution in [-0.2, 0) is 21.6 Å². The molecular weight excluding hydrogens is 498 g/mol. The zero-order valence-electron chi connectivity index (χ0n) is 19.1. The predicted molar refractivity (Wildman–Crippen MR) is 130 cm³/mol. The molecule has 1 aromatic heterocycles. The molecule has 1 aliphatic carbocycles. The van der Waals surface area contributed by atoms with E-state index in [1.54, 1.807) is 25.6 Å². The van der Waals surface area contributed by atoms with Crippen LogP contribution in [0.15, 0.2) is 47.2 Å². The van der Waals surface area contributed by atoms with E-state index in [1.165, 1.54) is 4.90 Å². The number of aromatic nitrogens is 1. The molecule has 5 rings (SSSR count). The highest BCUT2D eigenvalue weighted by atomic mass is 79.9. The number of guanidine groups is 1. The van der Waals surface area contributed by atoms with Crippen molar-refractivity contribution in [1.82, 2.24) is 20.1 Å². The van der Waals surface area contributed by atoms with Crippen LogP contribution in [0.2, 0.25) is 0 Å². The molecule has 2 saturated heterocycles. The van der Waals surface area contributed by atoms with Crippen LogP contribution in [0.1, 0.15) is 47.2 Å². The third kappa shape index (κ3) is 4.01. The predicted octanol–water partition coefficient (Wildman–Crippen LogP) is 3.27. The summed E-state index contributed by atoms with van der Waals surface area (Å²) >= 11 is 3.51. The number of nitrogens with zero attached hydrogens (tertiary/aromatic N) is 3. The second-order valence-electron chi connectivity index (χ2n) is 9.29. The van der Waals surface area contributed by atoms with Crippen LogP contribution in [0, 0.1) is 11.3 Å². The summed E-state index contributed by atoms with van der Waals surface area (Å²) in [4.78, 5) is 34.5. The largest absolute Gasteiger partial charge is 0.383 e. The lowest BCUT2D eigenvalue weighted by Crippen LogP contribution is -2.46. The Morgan fingerprint density at radius 3 is 2.85 bits per heavy atom. The summed E-state index contributed by atoms with van der Waals surface area (Å²) in [5.41, 5.74) is 1.15. The molecule has 34 heavy (non-hydrogen) atoms. The molecule has 9 heteroatoms. The Labute approximate surface area is 207 Å². The number of halogens is 1. The number of amides is 2. The van der Waals surface area contributed by atoms with Gasteiger partial charge in [-0.3, -0.25) is 24.9 Å². The Balaban J connectivity index is 1.38. The second-order valence-corrected chi connectivity index (χ2v) is 10.2. The summed E-state index contributed by atoms with van der Waals surface area (Å²) in [6.45, 7) is 1.40. The van der Waals surface area contributed by atoms with E-state index in [0.717, 1.165) is 35.7 Å². The average Bonchev–Trinajstić information content (AvgIpc) is 3.53. The van der Waals surface area contributed by atoms with Crippen molar-refractivity contribution in [3.8, 4) is 0 Å². The standard InChI is InChI=1S/C25H28BrN5O3/c1-34-15-21-6-3-9-30(21)22(32)17-10-16(12-28-13-17)14-31-23(33)25(18-7-8-18,29-24(31)27)19-4-2-5-20(26)11-19/h2,4-5,10-13,18,21H,3,6-9,14-15H2,1H3,(H2,27,29)/t21-,25?/m1/s1. The molecule has 3 heterocycles. The maximum Gasteiger partial charge on any atom is 0.260 e. The van der Waals surface area contributed by atoms with Gasteiger partial charge >= 0.3 is 0 Å². The minimum Gasteiger partial charge on any atom is -0.383 e.